The van der Waals surface area contributed by atoms with Gasteiger partial charge >= 0.3 is 0 Å². The number of amides is 1. The molecule has 33 heavy (non-hydrogen) atoms. The maximum Gasteiger partial charge on any atom is 0.252 e. The minimum atomic E-state index is -0.393. The third kappa shape index (κ3) is 4.96. The molecule has 5 rings (SSSR count). The monoisotopic (exact) mass is 447 g/mol. The molecule has 1 aromatic heterocycles. The van der Waals surface area contributed by atoms with Crippen molar-refractivity contribution < 1.29 is 14.3 Å². The van der Waals surface area contributed by atoms with Crippen LogP contribution in [-0.2, 0) is 5.54 Å². The summed E-state index contributed by atoms with van der Waals surface area (Å²) in [7, 11) is 5.40. The lowest BCUT2D eigenvalue weighted by Gasteiger charge is -2.24. The van der Waals surface area contributed by atoms with Gasteiger partial charge in [0.2, 0.25) is 0 Å². The molecular formula is C27H33N3O3. The van der Waals surface area contributed by atoms with Crippen molar-refractivity contribution in [1.29, 1.82) is 0 Å². The molecule has 1 saturated heterocycles. The average molecular weight is 448 g/mol. The van der Waals surface area contributed by atoms with Gasteiger partial charge in [0.15, 0.2) is 0 Å². The molecule has 1 aliphatic heterocycles. The third-order valence-electron chi connectivity index (χ3n) is 6.54. The van der Waals surface area contributed by atoms with Crippen LogP contribution in [0.15, 0.2) is 42.5 Å². The Bertz CT molecular complexity index is 1170. The highest BCUT2D eigenvalue weighted by Crippen LogP contribution is 2.49. The van der Waals surface area contributed by atoms with Crippen molar-refractivity contribution in [2.75, 3.05) is 34.4 Å². The van der Waals surface area contributed by atoms with Gasteiger partial charge in [-0.2, -0.15) is 0 Å². The van der Waals surface area contributed by atoms with E-state index in [1.165, 1.54) is 19.5 Å². The molecule has 1 aliphatic carbocycles. The first-order chi connectivity index (χ1) is 15.8. The van der Waals surface area contributed by atoms with E-state index in [0.29, 0.717) is 11.3 Å². The molecule has 0 radical (unpaired) electrons. The van der Waals surface area contributed by atoms with Crippen molar-refractivity contribution in [3.05, 3.63) is 64.8 Å². The fourth-order valence-corrected chi connectivity index (χ4v) is 4.14. The summed E-state index contributed by atoms with van der Waals surface area (Å²) in [4.78, 5) is 20.1. The van der Waals surface area contributed by atoms with E-state index in [1.807, 2.05) is 44.2 Å². The standard InChI is InChI=1S/C23H24N2O3.C4H9N/c1-14-5-7-16(27-3)11-19(14)22(26)25-23(9-10-23)20-12-17(28-4)13-21-18(20)8-6-15(2)24-21;1-5-3-2-4-5/h5-8,11-13H,9-10H2,1-4H3,(H,25,26);2-4H2,1H3. The van der Waals surface area contributed by atoms with Crippen LogP contribution in [0.1, 0.15) is 46.4 Å². The number of benzene rings is 2. The van der Waals surface area contributed by atoms with E-state index >= 15 is 0 Å². The summed E-state index contributed by atoms with van der Waals surface area (Å²) in [6, 6.07) is 13.6. The zero-order valence-corrected chi connectivity index (χ0v) is 20.2. The quantitative estimate of drug-likeness (QED) is 0.619. The molecule has 2 heterocycles. The van der Waals surface area contributed by atoms with Gasteiger partial charge in [0.1, 0.15) is 11.5 Å². The summed E-state index contributed by atoms with van der Waals surface area (Å²) in [5, 5.41) is 4.32. The van der Waals surface area contributed by atoms with E-state index in [9.17, 15) is 4.79 Å². The summed E-state index contributed by atoms with van der Waals surface area (Å²) in [5.41, 5.74) is 4.05. The Labute approximate surface area is 195 Å². The Morgan fingerprint density at radius 3 is 2.27 bits per heavy atom. The Balaban J connectivity index is 0.000000459. The molecule has 0 atom stereocenters. The van der Waals surface area contributed by atoms with Crippen molar-refractivity contribution >= 4 is 16.8 Å². The zero-order chi connectivity index (χ0) is 23.6. The maximum atomic E-state index is 13.1. The first-order valence-corrected chi connectivity index (χ1v) is 11.5. The number of hydrogen-bond donors (Lipinski definition) is 1. The Hall–Kier alpha value is -3.12. The third-order valence-corrected chi connectivity index (χ3v) is 6.54. The molecule has 174 valence electrons. The molecule has 1 N–H and O–H groups in total. The van der Waals surface area contributed by atoms with Gasteiger partial charge in [0.05, 0.1) is 25.3 Å². The van der Waals surface area contributed by atoms with Crippen molar-refractivity contribution in [3.63, 3.8) is 0 Å². The highest BCUT2D eigenvalue weighted by atomic mass is 16.5. The maximum absolute atomic E-state index is 13.1. The number of aryl methyl sites for hydroxylation is 2. The molecule has 2 fully saturated rings. The normalized spacial score (nSPS) is 16.3. The highest BCUT2D eigenvalue weighted by molar-refractivity contribution is 5.97. The van der Waals surface area contributed by atoms with E-state index < -0.39 is 5.54 Å². The number of nitrogens with zero attached hydrogens (tertiary/aromatic N) is 2. The van der Waals surface area contributed by atoms with Gasteiger partial charge in [-0.05, 0) is 88.6 Å². The SMILES string of the molecule is CN1CCC1.COc1ccc(C)c(C(=O)NC2(c3cc(OC)cc4nc(C)ccc34)CC2)c1. The number of rotatable bonds is 5. The van der Waals surface area contributed by atoms with Crippen LogP contribution in [0.3, 0.4) is 0 Å². The molecule has 0 bridgehead atoms. The van der Waals surface area contributed by atoms with Crippen LogP contribution >= 0.6 is 0 Å². The fourth-order valence-electron chi connectivity index (χ4n) is 4.14. The predicted molar refractivity (Wildman–Crippen MR) is 131 cm³/mol. The molecule has 1 saturated carbocycles. The van der Waals surface area contributed by atoms with Crippen molar-refractivity contribution in [2.24, 2.45) is 0 Å². The van der Waals surface area contributed by atoms with Crippen LogP contribution in [0.4, 0.5) is 0 Å². The van der Waals surface area contributed by atoms with Crippen LogP contribution in [-0.4, -0.2) is 50.1 Å². The number of fused-ring (bicyclic) bond motifs is 1. The molecule has 0 spiro atoms. The molecule has 0 unspecified atom stereocenters. The van der Waals surface area contributed by atoms with E-state index in [0.717, 1.165) is 46.3 Å². The first kappa shape index (κ1) is 23.1. The van der Waals surface area contributed by atoms with E-state index in [-0.39, 0.29) is 5.91 Å². The number of likely N-dealkylation sites (tertiary alicyclic amines) is 1. The van der Waals surface area contributed by atoms with E-state index in [1.54, 1.807) is 20.3 Å². The van der Waals surface area contributed by atoms with Gasteiger partial charge in [0.25, 0.3) is 5.91 Å². The fraction of sp³-hybridized carbons (Fsp3) is 0.407. The Morgan fingerprint density at radius 1 is 1.00 bits per heavy atom. The molecule has 1 amide bonds. The first-order valence-electron chi connectivity index (χ1n) is 11.5. The van der Waals surface area contributed by atoms with Crippen LogP contribution < -0.4 is 14.8 Å². The molecular weight excluding hydrogens is 414 g/mol. The molecule has 2 aromatic carbocycles. The lowest BCUT2D eigenvalue weighted by molar-refractivity contribution is 0.0930. The number of methoxy groups -OCH3 is 2. The number of aromatic nitrogens is 1. The van der Waals surface area contributed by atoms with Crippen LogP contribution in [0, 0.1) is 13.8 Å². The van der Waals surface area contributed by atoms with Gasteiger partial charge in [-0.15, -0.1) is 0 Å². The number of carbonyl (C=O) groups is 1. The number of carbonyl (C=O) groups excluding carboxylic acids is 1. The molecule has 2 aliphatic rings. The lowest BCUT2D eigenvalue weighted by Crippen LogP contribution is -2.35. The van der Waals surface area contributed by atoms with Gasteiger partial charge in [-0.25, -0.2) is 0 Å². The van der Waals surface area contributed by atoms with Crippen molar-refractivity contribution in [2.45, 2.75) is 38.6 Å². The van der Waals surface area contributed by atoms with Gasteiger partial charge in [-0.3, -0.25) is 9.78 Å². The van der Waals surface area contributed by atoms with Gasteiger partial charge in [-0.1, -0.05) is 12.1 Å². The summed E-state index contributed by atoms with van der Waals surface area (Å²) in [5.74, 6) is 1.33. The molecule has 6 heteroatoms. The lowest BCUT2D eigenvalue weighted by atomic mass is 9.97. The number of pyridine rings is 1. The van der Waals surface area contributed by atoms with Crippen LogP contribution in [0.2, 0.25) is 0 Å². The number of hydrogen-bond acceptors (Lipinski definition) is 5. The Morgan fingerprint density at radius 2 is 1.70 bits per heavy atom. The largest absolute Gasteiger partial charge is 0.497 e. The molecule has 3 aromatic rings. The van der Waals surface area contributed by atoms with Crippen LogP contribution in [0.5, 0.6) is 11.5 Å². The van der Waals surface area contributed by atoms with E-state index in [2.05, 4.69) is 28.3 Å². The van der Waals surface area contributed by atoms with Crippen LogP contribution in [0.25, 0.3) is 10.9 Å². The van der Waals surface area contributed by atoms with Crippen molar-refractivity contribution in [1.82, 2.24) is 15.2 Å². The second kappa shape index (κ2) is 9.40. The average Bonchev–Trinajstić information content (AvgIpc) is 3.57. The summed E-state index contributed by atoms with van der Waals surface area (Å²) in [6.45, 7) is 6.54. The minimum Gasteiger partial charge on any atom is -0.497 e. The second-order valence-corrected chi connectivity index (χ2v) is 9.07. The number of nitrogens with one attached hydrogen (secondary N) is 1. The summed E-state index contributed by atoms with van der Waals surface area (Å²) >= 11 is 0. The second-order valence-electron chi connectivity index (χ2n) is 9.07. The number of ether oxygens (including phenoxy) is 2. The van der Waals surface area contributed by atoms with Gasteiger partial charge < -0.3 is 19.7 Å². The highest BCUT2D eigenvalue weighted by Gasteiger charge is 2.47. The zero-order valence-electron chi connectivity index (χ0n) is 20.2. The van der Waals surface area contributed by atoms with Gasteiger partial charge in [0, 0.05) is 22.7 Å². The summed E-state index contributed by atoms with van der Waals surface area (Å²) in [6.07, 6.45) is 3.19. The predicted octanol–water partition coefficient (Wildman–Crippen LogP) is 4.61. The van der Waals surface area contributed by atoms with Crippen molar-refractivity contribution in [3.8, 4) is 11.5 Å². The smallest absolute Gasteiger partial charge is 0.252 e. The topological polar surface area (TPSA) is 63.7 Å². The summed E-state index contributed by atoms with van der Waals surface area (Å²) < 4.78 is 10.8. The van der Waals surface area contributed by atoms with E-state index in [4.69, 9.17) is 9.47 Å². The Kier molecular flexibility index (Phi) is 6.56. The molecule has 6 nitrogen and oxygen atoms in total. The minimum absolute atomic E-state index is 0.0926.